The molecule has 0 aromatic carbocycles. The van der Waals surface area contributed by atoms with Gasteiger partial charge in [-0.25, -0.2) is 9.97 Å². The van der Waals surface area contributed by atoms with Crippen LogP contribution < -0.4 is 10.1 Å². The van der Waals surface area contributed by atoms with Gasteiger partial charge in [-0.15, -0.1) is 0 Å². The average molecular weight is 265 g/mol. The van der Waals surface area contributed by atoms with E-state index in [0.29, 0.717) is 23.8 Å². The molecule has 4 nitrogen and oxygen atoms in total. The fraction of sp³-hybridized carbons (Fsp3) is 0.733. The van der Waals surface area contributed by atoms with Gasteiger partial charge in [-0.2, -0.15) is 0 Å². The van der Waals surface area contributed by atoms with Crippen molar-refractivity contribution in [2.24, 2.45) is 5.92 Å². The van der Waals surface area contributed by atoms with Crippen molar-refractivity contribution in [1.29, 1.82) is 0 Å². The van der Waals surface area contributed by atoms with Gasteiger partial charge >= 0.3 is 0 Å². The van der Waals surface area contributed by atoms with Gasteiger partial charge in [0.15, 0.2) is 0 Å². The first-order valence-electron chi connectivity index (χ1n) is 7.11. The number of hydrogen-bond acceptors (Lipinski definition) is 4. The van der Waals surface area contributed by atoms with Crippen LogP contribution in [0.15, 0.2) is 6.33 Å². The van der Waals surface area contributed by atoms with E-state index < -0.39 is 0 Å². The van der Waals surface area contributed by atoms with Gasteiger partial charge in [-0.3, -0.25) is 0 Å². The van der Waals surface area contributed by atoms with E-state index in [1.165, 1.54) is 0 Å². The average Bonchev–Trinajstić information content (AvgIpc) is 2.38. The molecule has 0 saturated heterocycles. The van der Waals surface area contributed by atoms with Crippen LogP contribution in [0.4, 0.5) is 0 Å². The maximum absolute atomic E-state index is 5.30. The first kappa shape index (κ1) is 15.9. The summed E-state index contributed by atoms with van der Waals surface area (Å²) in [6.07, 6.45) is 2.74. The lowest BCUT2D eigenvalue weighted by molar-refractivity contribution is 0.359. The third-order valence-corrected chi connectivity index (χ3v) is 3.56. The van der Waals surface area contributed by atoms with Crippen LogP contribution in [-0.2, 0) is 0 Å². The molecule has 0 radical (unpaired) electrons. The van der Waals surface area contributed by atoms with Crippen LogP contribution in [0.2, 0.25) is 0 Å². The van der Waals surface area contributed by atoms with E-state index >= 15 is 0 Å². The topological polar surface area (TPSA) is 47.0 Å². The van der Waals surface area contributed by atoms with Gasteiger partial charge in [0.05, 0.1) is 12.8 Å². The number of nitrogens with zero attached hydrogens (tertiary/aromatic N) is 2. The van der Waals surface area contributed by atoms with Crippen molar-refractivity contribution in [3.63, 3.8) is 0 Å². The maximum Gasteiger partial charge on any atom is 0.219 e. The fourth-order valence-electron chi connectivity index (χ4n) is 2.62. The van der Waals surface area contributed by atoms with Gasteiger partial charge in [-0.1, -0.05) is 20.8 Å². The van der Waals surface area contributed by atoms with Crippen molar-refractivity contribution in [3.8, 4) is 5.88 Å². The molecule has 2 atom stereocenters. The van der Waals surface area contributed by atoms with Crippen LogP contribution in [0.25, 0.3) is 0 Å². The molecule has 0 fully saturated rings. The summed E-state index contributed by atoms with van der Waals surface area (Å²) in [4.78, 5) is 8.67. The third-order valence-electron chi connectivity index (χ3n) is 3.56. The zero-order chi connectivity index (χ0) is 14.4. The predicted octanol–water partition coefficient (Wildman–Crippen LogP) is 2.92. The minimum atomic E-state index is 0.364. The molecule has 0 amide bonds. The molecule has 2 unspecified atom stereocenters. The number of methoxy groups -OCH3 is 1. The molecule has 4 heteroatoms. The number of aromatic nitrogens is 2. The highest BCUT2D eigenvalue weighted by Crippen LogP contribution is 2.31. The molecule has 108 valence electrons. The third kappa shape index (κ3) is 3.90. The highest BCUT2D eigenvalue weighted by atomic mass is 16.5. The van der Waals surface area contributed by atoms with Crippen molar-refractivity contribution in [3.05, 3.63) is 17.6 Å². The van der Waals surface area contributed by atoms with Crippen molar-refractivity contribution < 1.29 is 4.74 Å². The molecule has 19 heavy (non-hydrogen) atoms. The first-order chi connectivity index (χ1) is 9.02. The molecule has 0 aliphatic rings. The summed E-state index contributed by atoms with van der Waals surface area (Å²) in [5.74, 6) is 1.56. The van der Waals surface area contributed by atoms with Gasteiger partial charge in [0.1, 0.15) is 6.33 Å². The largest absolute Gasteiger partial charge is 0.481 e. The van der Waals surface area contributed by atoms with Crippen LogP contribution in [0, 0.1) is 12.8 Å². The normalized spacial score (nSPS) is 14.5. The summed E-state index contributed by atoms with van der Waals surface area (Å²) in [5, 5.41) is 3.58. The fourth-order valence-corrected chi connectivity index (χ4v) is 2.62. The molecule has 1 N–H and O–H groups in total. The molecule has 0 aliphatic carbocycles. The maximum atomic E-state index is 5.30. The van der Waals surface area contributed by atoms with Crippen LogP contribution in [-0.4, -0.2) is 29.7 Å². The highest BCUT2D eigenvalue weighted by Gasteiger charge is 2.26. The standard InChI is InChI=1S/C15H27N3O/c1-7-8-16-12(5)13(10(2)3)14-11(4)15(19-6)18-9-17-14/h9-10,12-13,16H,7-8H2,1-6H3. The molecule has 0 saturated carbocycles. The Hall–Kier alpha value is -1.16. The molecule has 1 aromatic rings. The monoisotopic (exact) mass is 265 g/mol. The zero-order valence-corrected chi connectivity index (χ0v) is 13.0. The van der Waals surface area contributed by atoms with E-state index in [1.807, 2.05) is 6.92 Å². The van der Waals surface area contributed by atoms with Crippen molar-refractivity contribution >= 4 is 0 Å². The van der Waals surface area contributed by atoms with Gasteiger partial charge in [0.2, 0.25) is 5.88 Å². The second-order valence-corrected chi connectivity index (χ2v) is 5.41. The van der Waals surface area contributed by atoms with Crippen molar-refractivity contribution in [2.75, 3.05) is 13.7 Å². The second kappa shape index (κ2) is 7.43. The second-order valence-electron chi connectivity index (χ2n) is 5.41. The Kier molecular flexibility index (Phi) is 6.22. The molecule has 0 aliphatic heterocycles. The molecular formula is C15H27N3O. The van der Waals surface area contributed by atoms with E-state index in [1.54, 1.807) is 13.4 Å². The lowest BCUT2D eigenvalue weighted by Gasteiger charge is -2.29. The summed E-state index contributed by atoms with van der Waals surface area (Å²) in [5.41, 5.74) is 2.15. The van der Waals surface area contributed by atoms with Crippen LogP contribution in [0.3, 0.4) is 0 Å². The summed E-state index contributed by atoms with van der Waals surface area (Å²) < 4.78 is 5.30. The van der Waals surface area contributed by atoms with Gasteiger partial charge in [0.25, 0.3) is 0 Å². The zero-order valence-electron chi connectivity index (χ0n) is 13.0. The summed E-state index contributed by atoms with van der Waals surface area (Å²) in [7, 11) is 1.66. The van der Waals surface area contributed by atoms with E-state index in [-0.39, 0.29) is 0 Å². The van der Waals surface area contributed by atoms with Gasteiger partial charge < -0.3 is 10.1 Å². The SMILES string of the molecule is CCCNC(C)C(c1ncnc(OC)c1C)C(C)C. The Morgan fingerprint density at radius 1 is 1.26 bits per heavy atom. The van der Waals surface area contributed by atoms with E-state index in [2.05, 4.69) is 43.0 Å². The minimum Gasteiger partial charge on any atom is -0.481 e. The lowest BCUT2D eigenvalue weighted by atomic mass is 9.84. The quantitative estimate of drug-likeness (QED) is 0.823. The van der Waals surface area contributed by atoms with Crippen molar-refractivity contribution in [2.45, 2.75) is 53.0 Å². The molecule has 0 bridgehead atoms. The van der Waals surface area contributed by atoms with Crippen LogP contribution >= 0.6 is 0 Å². The Morgan fingerprint density at radius 3 is 2.47 bits per heavy atom. The molecule has 0 spiro atoms. The molecular weight excluding hydrogens is 238 g/mol. The highest BCUT2D eigenvalue weighted by molar-refractivity contribution is 5.31. The summed E-state index contributed by atoms with van der Waals surface area (Å²) in [6.45, 7) is 12.0. The van der Waals surface area contributed by atoms with Crippen molar-refractivity contribution in [1.82, 2.24) is 15.3 Å². The van der Waals surface area contributed by atoms with E-state index in [0.717, 1.165) is 24.2 Å². The Bertz CT molecular complexity index is 393. The number of nitrogens with one attached hydrogen (secondary N) is 1. The summed E-state index contributed by atoms with van der Waals surface area (Å²) >= 11 is 0. The summed E-state index contributed by atoms with van der Waals surface area (Å²) in [6, 6.07) is 0.387. The Balaban J connectivity index is 3.05. The number of rotatable bonds is 7. The Labute approximate surface area is 117 Å². The minimum absolute atomic E-state index is 0.364. The smallest absolute Gasteiger partial charge is 0.219 e. The molecule has 1 rings (SSSR count). The van der Waals surface area contributed by atoms with Crippen LogP contribution in [0.5, 0.6) is 5.88 Å². The molecule has 1 heterocycles. The van der Waals surface area contributed by atoms with Gasteiger partial charge in [0, 0.05) is 17.5 Å². The van der Waals surface area contributed by atoms with Crippen LogP contribution in [0.1, 0.15) is 51.3 Å². The Morgan fingerprint density at radius 2 is 1.95 bits per heavy atom. The lowest BCUT2D eigenvalue weighted by Crippen LogP contribution is -2.36. The van der Waals surface area contributed by atoms with E-state index in [9.17, 15) is 0 Å². The first-order valence-corrected chi connectivity index (χ1v) is 7.11. The predicted molar refractivity (Wildman–Crippen MR) is 78.7 cm³/mol. The molecule has 1 aromatic heterocycles. The van der Waals surface area contributed by atoms with E-state index in [4.69, 9.17) is 4.74 Å². The van der Waals surface area contributed by atoms with Gasteiger partial charge in [-0.05, 0) is 32.7 Å². The number of hydrogen-bond donors (Lipinski definition) is 1. The number of ether oxygens (including phenoxy) is 1.